The Balaban J connectivity index is 2.06. The number of ketones is 1. The van der Waals surface area contributed by atoms with Crippen molar-refractivity contribution >= 4 is 27.3 Å². The van der Waals surface area contributed by atoms with Gasteiger partial charge in [0.2, 0.25) is 0 Å². The molecule has 5 nitrogen and oxygen atoms in total. The second-order valence-corrected chi connectivity index (χ2v) is 6.80. The van der Waals surface area contributed by atoms with Crippen molar-refractivity contribution in [1.82, 2.24) is 9.55 Å². The summed E-state index contributed by atoms with van der Waals surface area (Å²) in [5.74, 6) is 0.739. The second-order valence-electron chi connectivity index (χ2n) is 5.95. The van der Waals surface area contributed by atoms with Crippen molar-refractivity contribution in [2.75, 3.05) is 6.61 Å². The van der Waals surface area contributed by atoms with Gasteiger partial charge in [0.15, 0.2) is 5.78 Å². The van der Waals surface area contributed by atoms with E-state index in [1.54, 1.807) is 6.92 Å². The number of aromatic nitrogens is 2. The van der Waals surface area contributed by atoms with Gasteiger partial charge in [-0.3, -0.25) is 14.2 Å². The van der Waals surface area contributed by atoms with Gasteiger partial charge in [-0.25, -0.2) is 4.98 Å². The van der Waals surface area contributed by atoms with Crippen LogP contribution in [0.3, 0.4) is 0 Å². The molecule has 0 N–H and O–H groups in total. The maximum Gasteiger partial charge on any atom is 0.263 e. The van der Waals surface area contributed by atoms with Gasteiger partial charge in [0.05, 0.1) is 24.4 Å². The predicted molar refractivity (Wildman–Crippen MR) is 100 cm³/mol. The Hall–Kier alpha value is -2.47. The van der Waals surface area contributed by atoms with Crippen LogP contribution in [0.1, 0.15) is 33.2 Å². The third kappa shape index (κ3) is 3.35. The second kappa shape index (κ2) is 7.19. The molecule has 3 aromatic rings. The van der Waals surface area contributed by atoms with Crippen molar-refractivity contribution in [2.45, 2.75) is 33.2 Å². The minimum absolute atomic E-state index is 0.0718. The predicted octanol–water partition coefficient (Wildman–Crippen LogP) is 4.06. The molecule has 3 rings (SSSR count). The molecule has 1 atom stereocenters. The van der Waals surface area contributed by atoms with Gasteiger partial charge in [0.25, 0.3) is 5.56 Å². The van der Waals surface area contributed by atoms with Gasteiger partial charge >= 0.3 is 0 Å². The van der Waals surface area contributed by atoms with E-state index in [4.69, 9.17) is 4.74 Å². The average Bonchev–Trinajstić information content (AvgIpc) is 3.05. The van der Waals surface area contributed by atoms with Crippen LogP contribution in [0.25, 0.3) is 21.3 Å². The first-order valence-corrected chi connectivity index (χ1v) is 9.13. The molecule has 0 aliphatic heterocycles. The molecule has 1 unspecified atom stereocenters. The van der Waals surface area contributed by atoms with Gasteiger partial charge in [-0.2, -0.15) is 0 Å². The summed E-state index contributed by atoms with van der Waals surface area (Å²) in [6, 6.07) is 7.17. The molecular weight excluding hydrogens is 336 g/mol. The van der Waals surface area contributed by atoms with Crippen LogP contribution < -0.4 is 10.3 Å². The molecule has 0 saturated heterocycles. The zero-order chi connectivity index (χ0) is 18.0. The number of carbonyl (C=O) groups is 1. The molecule has 0 aliphatic rings. The van der Waals surface area contributed by atoms with Gasteiger partial charge in [-0.1, -0.05) is 19.1 Å². The van der Waals surface area contributed by atoms with Crippen LogP contribution in [-0.4, -0.2) is 21.9 Å². The number of thiophene rings is 1. The summed E-state index contributed by atoms with van der Waals surface area (Å²) in [4.78, 5) is 29.6. The van der Waals surface area contributed by atoms with Gasteiger partial charge in [-0.05, 0) is 38.0 Å². The highest BCUT2D eigenvalue weighted by atomic mass is 32.1. The Morgan fingerprint density at radius 3 is 2.68 bits per heavy atom. The number of benzene rings is 1. The van der Waals surface area contributed by atoms with Crippen LogP contribution in [0, 0.1) is 0 Å². The minimum atomic E-state index is -0.526. The SMILES string of the molecule is CCCOc1ccc(-c2csc3ncn(C(C)C(C)=O)c(=O)c23)cc1. The lowest BCUT2D eigenvalue weighted by molar-refractivity contribution is -0.119. The van der Waals surface area contributed by atoms with Crippen molar-refractivity contribution < 1.29 is 9.53 Å². The Morgan fingerprint density at radius 2 is 2.04 bits per heavy atom. The van der Waals surface area contributed by atoms with E-state index in [0.29, 0.717) is 16.8 Å². The van der Waals surface area contributed by atoms with E-state index < -0.39 is 6.04 Å². The number of carbonyl (C=O) groups excluding carboxylic acids is 1. The summed E-state index contributed by atoms with van der Waals surface area (Å²) < 4.78 is 7.00. The lowest BCUT2D eigenvalue weighted by Gasteiger charge is -2.11. The smallest absolute Gasteiger partial charge is 0.263 e. The van der Waals surface area contributed by atoms with E-state index in [1.807, 2.05) is 29.6 Å². The van der Waals surface area contributed by atoms with Gasteiger partial charge in [-0.15, -0.1) is 11.3 Å². The molecule has 0 saturated carbocycles. The summed E-state index contributed by atoms with van der Waals surface area (Å²) in [7, 11) is 0. The van der Waals surface area contributed by atoms with Crippen LogP contribution >= 0.6 is 11.3 Å². The molecule has 130 valence electrons. The van der Waals surface area contributed by atoms with E-state index in [2.05, 4.69) is 11.9 Å². The lowest BCUT2D eigenvalue weighted by Crippen LogP contribution is -2.27. The molecule has 0 amide bonds. The molecule has 0 spiro atoms. The minimum Gasteiger partial charge on any atom is -0.494 e. The first-order valence-electron chi connectivity index (χ1n) is 8.25. The Bertz CT molecular complexity index is 957. The van der Waals surface area contributed by atoms with E-state index >= 15 is 0 Å². The van der Waals surface area contributed by atoms with Crippen LogP contribution in [0.15, 0.2) is 40.8 Å². The summed E-state index contributed by atoms with van der Waals surface area (Å²) in [5.41, 5.74) is 1.59. The van der Waals surface area contributed by atoms with Crippen molar-refractivity contribution in [1.29, 1.82) is 0 Å². The van der Waals surface area contributed by atoms with Crippen molar-refractivity contribution in [3.63, 3.8) is 0 Å². The Kier molecular flexibility index (Phi) is 4.99. The summed E-state index contributed by atoms with van der Waals surface area (Å²) in [6.07, 6.45) is 2.41. The van der Waals surface area contributed by atoms with Gasteiger partial charge in [0.1, 0.15) is 10.6 Å². The quantitative estimate of drug-likeness (QED) is 0.668. The molecule has 1 aromatic carbocycles. The first-order chi connectivity index (χ1) is 12.0. The maximum atomic E-state index is 12.9. The van der Waals surface area contributed by atoms with E-state index in [9.17, 15) is 9.59 Å². The lowest BCUT2D eigenvalue weighted by atomic mass is 10.1. The number of ether oxygens (including phenoxy) is 1. The topological polar surface area (TPSA) is 61.2 Å². The van der Waals surface area contributed by atoms with E-state index in [0.717, 1.165) is 23.3 Å². The number of hydrogen-bond acceptors (Lipinski definition) is 5. The summed E-state index contributed by atoms with van der Waals surface area (Å²) >= 11 is 1.43. The van der Waals surface area contributed by atoms with E-state index in [1.165, 1.54) is 29.2 Å². The Labute approximate surface area is 149 Å². The highest BCUT2D eigenvalue weighted by molar-refractivity contribution is 7.17. The monoisotopic (exact) mass is 356 g/mol. The molecule has 2 heterocycles. The molecule has 2 aromatic heterocycles. The fourth-order valence-electron chi connectivity index (χ4n) is 2.58. The zero-order valence-electron chi connectivity index (χ0n) is 14.5. The van der Waals surface area contributed by atoms with Crippen molar-refractivity contribution in [3.8, 4) is 16.9 Å². The fraction of sp³-hybridized carbons (Fsp3) is 0.316. The van der Waals surface area contributed by atoms with Gasteiger partial charge in [0, 0.05) is 10.9 Å². The van der Waals surface area contributed by atoms with Crippen LogP contribution in [0.4, 0.5) is 0 Å². The van der Waals surface area contributed by atoms with Crippen LogP contribution in [-0.2, 0) is 4.79 Å². The number of Topliss-reactive ketones (excluding diaryl/α,β-unsaturated/α-hetero) is 1. The van der Waals surface area contributed by atoms with Crippen LogP contribution in [0.5, 0.6) is 5.75 Å². The zero-order valence-corrected chi connectivity index (χ0v) is 15.3. The third-order valence-electron chi connectivity index (χ3n) is 4.16. The highest BCUT2D eigenvalue weighted by Crippen LogP contribution is 2.31. The van der Waals surface area contributed by atoms with Crippen molar-refractivity contribution in [3.05, 3.63) is 46.3 Å². The summed E-state index contributed by atoms with van der Waals surface area (Å²) in [6.45, 7) is 5.93. The first kappa shape index (κ1) is 17.4. The van der Waals surface area contributed by atoms with E-state index in [-0.39, 0.29) is 11.3 Å². The fourth-order valence-corrected chi connectivity index (χ4v) is 3.49. The molecule has 0 fully saturated rings. The molecule has 25 heavy (non-hydrogen) atoms. The third-order valence-corrected chi connectivity index (χ3v) is 5.05. The maximum absolute atomic E-state index is 12.9. The van der Waals surface area contributed by atoms with Crippen LogP contribution in [0.2, 0.25) is 0 Å². The largest absolute Gasteiger partial charge is 0.494 e. The number of hydrogen-bond donors (Lipinski definition) is 0. The highest BCUT2D eigenvalue weighted by Gasteiger charge is 2.17. The molecule has 0 aliphatic carbocycles. The molecular formula is C19H20N2O3S. The molecule has 0 radical (unpaired) electrons. The summed E-state index contributed by atoms with van der Waals surface area (Å²) in [5, 5.41) is 2.49. The standard InChI is InChI=1S/C19H20N2O3S/c1-4-9-24-15-7-5-14(6-8-15)16-10-25-18-17(16)19(23)21(11-20-18)12(2)13(3)22/h5-8,10-12H,4,9H2,1-3H3. The average molecular weight is 356 g/mol. The normalized spacial score (nSPS) is 12.3. The van der Waals surface area contributed by atoms with Crippen molar-refractivity contribution in [2.24, 2.45) is 0 Å². The molecule has 6 heteroatoms. The number of nitrogens with zero attached hydrogens (tertiary/aromatic N) is 2. The number of rotatable bonds is 6. The Morgan fingerprint density at radius 1 is 1.32 bits per heavy atom. The molecule has 0 bridgehead atoms. The van der Waals surface area contributed by atoms with Gasteiger partial charge < -0.3 is 4.74 Å². The number of fused-ring (bicyclic) bond motifs is 1.